The summed E-state index contributed by atoms with van der Waals surface area (Å²) in [6.07, 6.45) is 0. The molecule has 0 aromatic heterocycles. The van der Waals surface area contributed by atoms with E-state index in [2.05, 4.69) is 5.32 Å². The molecule has 1 amide bonds. The number of fused-ring (bicyclic) bond motifs is 1. The van der Waals surface area contributed by atoms with Gasteiger partial charge in [0.1, 0.15) is 13.2 Å². The number of carbonyl (C=O) groups excluding carboxylic acids is 1. The summed E-state index contributed by atoms with van der Waals surface area (Å²) in [6, 6.07) is 12.3. The lowest BCUT2D eigenvalue weighted by molar-refractivity contribution is -0.123. The van der Waals surface area contributed by atoms with E-state index in [1.807, 2.05) is 38.1 Å². The zero-order chi connectivity index (χ0) is 19.9. The first kappa shape index (κ1) is 19.4. The third kappa shape index (κ3) is 4.65. The maximum atomic E-state index is 12.3. The first-order chi connectivity index (χ1) is 13.6. The van der Waals surface area contributed by atoms with E-state index in [-0.39, 0.29) is 18.6 Å². The van der Waals surface area contributed by atoms with Gasteiger partial charge < -0.3 is 24.3 Å². The Kier molecular flexibility index (Phi) is 6.22. The third-order valence-electron chi connectivity index (χ3n) is 4.18. The molecular formula is C21H22N2O5. The van der Waals surface area contributed by atoms with E-state index >= 15 is 0 Å². The summed E-state index contributed by atoms with van der Waals surface area (Å²) < 4.78 is 22.2. The number of nitrogens with one attached hydrogen (secondary N) is 1. The molecule has 28 heavy (non-hydrogen) atoms. The Balaban J connectivity index is 1.59. The van der Waals surface area contributed by atoms with Gasteiger partial charge in [0.25, 0.3) is 5.91 Å². The van der Waals surface area contributed by atoms with Crippen LogP contribution in [0.3, 0.4) is 0 Å². The molecule has 0 spiro atoms. The molecule has 1 aliphatic rings. The lowest BCUT2D eigenvalue weighted by Crippen LogP contribution is -2.31. The van der Waals surface area contributed by atoms with Crippen molar-refractivity contribution in [3.05, 3.63) is 47.5 Å². The summed E-state index contributed by atoms with van der Waals surface area (Å²) in [5.41, 5.74) is 1.37. The minimum Gasteiger partial charge on any atom is -0.490 e. The van der Waals surface area contributed by atoms with Crippen LogP contribution in [-0.4, -0.2) is 32.3 Å². The normalized spacial score (nSPS) is 13.2. The zero-order valence-electron chi connectivity index (χ0n) is 15.9. The van der Waals surface area contributed by atoms with Crippen LogP contribution in [0.15, 0.2) is 36.4 Å². The van der Waals surface area contributed by atoms with Crippen molar-refractivity contribution in [3.8, 4) is 29.1 Å². The van der Waals surface area contributed by atoms with Gasteiger partial charge in [0.2, 0.25) is 0 Å². The zero-order valence-corrected chi connectivity index (χ0v) is 15.9. The molecule has 7 heteroatoms. The summed E-state index contributed by atoms with van der Waals surface area (Å²) in [5.74, 6) is 1.98. The fraction of sp³-hybridized carbons (Fsp3) is 0.333. The van der Waals surface area contributed by atoms with E-state index in [4.69, 9.17) is 24.2 Å². The van der Waals surface area contributed by atoms with Crippen molar-refractivity contribution in [1.82, 2.24) is 5.32 Å². The average Bonchev–Trinajstić information content (AvgIpc) is 2.72. The minimum absolute atomic E-state index is 0.166. The lowest BCUT2D eigenvalue weighted by atomic mass is 10.1. The van der Waals surface area contributed by atoms with Crippen LogP contribution in [0.25, 0.3) is 0 Å². The molecule has 0 saturated heterocycles. The first-order valence-electron chi connectivity index (χ1n) is 9.09. The largest absolute Gasteiger partial charge is 0.490 e. The Hall–Kier alpha value is -3.40. The molecule has 0 bridgehead atoms. The predicted octanol–water partition coefficient (Wildman–Crippen LogP) is 2.98. The highest BCUT2D eigenvalue weighted by Crippen LogP contribution is 2.32. The number of hydrogen-bond acceptors (Lipinski definition) is 6. The molecule has 0 fully saturated rings. The molecule has 0 aliphatic carbocycles. The highest BCUT2D eigenvalue weighted by molar-refractivity contribution is 5.78. The van der Waals surface area contributed by atoms with Crippen LogP contribution in [-0.2, 0) is 4.79 Å². The van der Waals surface area contributed by atoms with Crippen LogP contribution in [0.1, 0.15) is 31.0 Å². The van der Waals surface area contributed by atoms with Crippen LogP contribution in [0.4, 0.5) is 0 Å². The first-order valence-corrected chi connectivity index (χ1v) is 9.09. The topological polar surface area (TPSA) is 89.8 Å². The fourth-order valence-electron chi connectivity index (χ4n) is 2.80. The Bertz CT molecular complexity index is 891. The van der Waals surface area contributed by atoms with Crippen LogP contribution in [0.2, 0.25) is 0 Å². The molecular weight excluding hydrogens is 360 g/mol. The number of rotatable bonds is 7. The quantitative estimate of drug-likeness (QED) is 0.792. The van der Waals surface area contributed by atoms with Gasteiger partial charge in [-0.1, -0.05) is 6.07 Å². The Morgan fingerprint density at radius 1 is 1.14 bits per heavy atom. The molecule has 0 saturated carbocycles. The van der Waals surface area contributed by atoms with Gasteiger partial charge in [0, 0.05) is 6.07 Å². The van der Waals surface area contributed by atoms with Crippen LogP contribution in [0.5, 0.6) is 23.0 Å². The highest BCUT2D eigenvalue weighted by atomic mass is 16.6. The number of nitriles is 1. The molecule has 2 aromatic rings. The number of amides is 1. The van der Waals surface area contributed by atoms with Crippen molar-refractivity contribution in [2.45, 2.75) is 19.9 Å². The van der Waals surface area contributed by atoms with Crippen molar-refractivity contribution < 1.29 is 23.7 Å². The van der Waals surface area contributed by atoms with Gasteiger partial charge >= 0.3 is 0 Å². The van der Waals surface area contributed by atoms with E-state index in [9.17, 15) is 4.79 Å². The molecule has 1 atom stereocenters. The van der Waals surface area contributed by atoms with Gasteiger partial charge in [0.15, 0.2) is 29.6 Å². The predicted molar refractivity (Wildman–Crippen MR) is 102 cm³/mol. The Morgan fingerprint density at radius 2 is 1.93 bits per heavy atom. The van der Waals surface area contributed by atoms with E-state index in [1.54, 1.807) is 18.2 Å². The molecule has 3 rings (SSSR count). The molecule has 0 radical (unpaired) electrons. The number of carbonyl (C=O) groups is 1. The molecule has 1 N–H and O–H groups in total. The second-order valence-corrected chi connectivity index (χ2v) is 6.19. The summed E-state index contributed by atoms with van der Waals surface area (Å²) in [6.45, 7) is 5.04. The fourth-order valence-corrected chi connectivity index (χ4v) is 2.80. The maximum absolute atomic E-state index is 12.3. The summed E-state index contributed by atoms with van der Waals surface area (Å²) in [4.78, 5) is 12.3. The van der Waals surface area contributed by atoms with Gasteiger partial charge in [-0.25, -0.2) is 0 Å². The van der Waals surface area contributed by atoms with Crippen molar-refractivity contribution in [3.63, 3.8) is 0 Å². The van der Waals surface area contributed by atoms with Crippen molar-refractivity contribution >= 4 is 5.91 Å². The summed E-state index contributed by atoms with van der Waals surface area (Å²) in [7, 11) is 0. The van der Waals surface area contributed by atoms with Crippen molar-refractivity contribution in [2.75, 3.05) is 26.4 Å². The Labute approximate surface area is 163 Å². The number of ether oxygens (including phenoxy) is 4. The standard InChI is InChI=1S/C21H22N2O5/c1-3-25-19-10-15(12-22)4-6-18(19)28-13-21(24)23-14(2)16-5-7-17-20(11-16)27-9-8-26-17/h4-7,10-11,14H,3,8-9,13H2,1-2H3,(H,23,24). The molecule has 146 valence electrons. The minimum atomic E-state index is -0.269. The number of hydrogen-bond donors (Lipinski definition) is 1. The van der Waals surface area contributed by atoms with Crippen LogP contribution < -0.4 is 24.3 Å². The van der Waals surface area contributed by atoms with Gasteiger partial charge in [-0.2, -0.15) is 5.26 Å². The van der Waals surface area contributed by atoms with E-state index < -0.39 is 0 Å². The molecule has 2 aromatic carbocycles. The van der Waals surface area contributed by atoms with Gasteiger partial charge in [-0.3, -0.25) is 4.79 Å². The van der Waals surface area contributed by atoms with Gasteiger partial charge in [-0.15, -0.1) is 0 Å². The van der Waals surface area contributed by atoms with Gasteiger partial charge in [0.05, 0.1) is 24.3 Å². The van der Waals surface area contributed by atoms with Crippen molar-refractivity contribution in [1.29, 1.82) is 5.26 Å². The second kappa shape index (κ2) is 9.00. The average molecular weight is 382 g/mol. The number of benzene rings is 2. The molecule has 1 heterocycles. The second-order valence-electron chi connectivity index (χ2n) is 6.19. The smallest absolute Gasteiger partial charge is 0.258 e. The third-order valence-corrected chi connectivity index (χ3v) is 4.18. The van der Waals surface area contributed by atoms with E-state index in [0.29, 0.717) is 48.4 Å². The van der Waals surface area contributed by atoms with E-state index in [1.165, 1.54) is 0 Å². The van der Waals surface area contributed by atoms with E-state index in [0.717, 1.165) is 5.56 Å². The maximum Gasteiger partial charge on any atom is 0.258 e. The highest BCUT2D eigenvalue weighted by Gasteiger charge is 2.16. The summed E-state index contributed by atoms with van der Waals surface area (Å²) in [5, 5.41) is 11.9. The SMILES string of the molecule is CCOc1cc(C#N)ccc1OCC(=O)NC(C)c1ccc2c(c1)OCCO2. The molecule has 7 nitrogen and oxygen atoms in total. The van der Waals surface area contributed by atoms with Crippen molar-refractivity contribution in [2.24, 2.45) is 0 Å². The van der Waals surface area contributed by atoms with Crippen LogP contribution in [0, 0.1) is 11.3 Å². The van der Waals surface area contributed by atoms with Gasteiger partial charge in [-0.05, 0) is 43.7 Å². The lowest BCUT2D eigenvalue weighted by Gasteiger charge is -2.21. The monoisotopic (exact) mass is 382 g/mol. The molecule has 1 aliphatic heterocycles. The molecule has 1 unspecified atom stereocenters. The number of nitrogens with zero attached hydrogens (tertiary/aromatic N) is 1. The Morgan fingerprint density at radius 3 is 2.68 bits per heavy atom. The summed E-state index contributed by atoms with van der Waals surface area (Å²) >= 11 is 0. The van der Waals surface area contributed by atoms with Crippen LogP contribution >= 0.6 is 0 Å².